The number of nitrogens with zero attached hydrogens (tertiary/aromatic N) is 1. The Morgan fingerprint density at radius 2 is 1.84 bits per heavy atom. The summed E-state index contributed by atoms with van der Waals surface area (Å²) in [4.78, 5) is 12.6. The third kappa shape index (κ3) is 3.49. The summed E-state index contributed by atoms with van der Waals surface area (Å²) < 4.78 is 0. The van der Waals surface area contributed by atoms with Crippen LogP contribution in [0.15, 0.2) is 0 Å². The van der Waals surface area contributed by atoms with Crippen LogP contribution in [0.1, 0.15) is 66.2 Å². The smallest absolute Gasteiger partial charge is 0.240 e. The van der Waals surface area contributed by atoms with Gasteiger partial charge in [-0.25, -0.2) is 0 Å². The van der Waals surface area contributed by atoms with Crippen LogP contribution in [0.5, 0.6) is 0 Å². The first-order chi connectivity index (χ1) is 9.00. The van der Waals surface area contributed by atoms with Gasteiger partial charge in [-0.1, -0.05) is 40.5 Å². The molecular weight excluding hydrogens is 236 g/mol. The zero-order valence-electron chi connectivity index (χ0n) is 12.8. The minimum absolute atomic E-state index is 0.0374. The molecule has 1 aliphatic carbocycles. The molecule has 3 heteroatoms. The van der Waals surface area contributed by atoms with Crippen LogP contribution < -0.4 is 5.32 Å². The Morgan fingerprint density at radius 1 is 1.26 bits per heavy atom. The topological polar surface area (TPSA) is 52.9 Å². The summed E-state index contributed by atoms with van der Waals surface area (Å²) in [6.45, 7) is 8.52. The molecule has 1 aliphatic rings. The molecular formula is C16H28N2O. The van der Waals surface area contributed by atoms with Crippen molar-refractivity contribution in [2.45, 2.75) is 72.3 Å². The summed E-state index contributed by atoms with van der Waals surface area (Å²) in [7, 11) is 0. The number of nitriles is 1. The maximum Gasteiger partial charge on any atom is 0.240 e. The van der Waals surface area contributed by atoms with Gasteiger partial charge in [-0.15, -0.1) is 0 Å². The molecule has 1 fully saturated rings. The van der Waals surface area contributed by atoms with E-state index in [1.807, 2.05) is 13.8 Å². The second-order valence-corrected chi connectivity index (χ2v) is 6.19. The van der Waals surface area contributed by atoms with Crippen molar-refractivity contribution in [1.82, 2.24) is 5.32 Å². The maximum atomic E-state index is 12.6. The summed E-state index contributed by atoms with van der Waals surface area (Å²) in [6.07, 6.45) is 5.30. The van der Waals surface area contributed by atoms with Crippen LogP contribution >= 0.6 is 0 Å². The molecule has 0 aromatic carbocycles. The molecule has 0 bridgehead atoms. The van der Waals surface area contributed by atoms with E-state index >= 15 is 0 Å². The van der Waals surface area contributed by atoms with Gasteiger partial charge in [0, 0.05) is 6.04 Å². The summed E-state index contributed by atoms with van der Waals surface area (Å²) in [6, 6.07) is 2.56. The minimum atomic E-state index is -0.810. The van der Waals surface area contributed by atoms with E-state index in [1.54, 1.807) is 0 Å². The van der Waals surface area contributed by atoms with E-state index in [1.165, 1.54) is 6.42 Å². The van der Waals surface area contributed by atoms with Gasteiger partial charge in [0.25, 0.3) is 0 Å². The van der Waals surface area contributed by atoms with E-state index < -0.39 is 5.41 Å². The molecule has 0 aromatic heterocycles. The number of rotatable bonds is 6. The molecule has 0 aromatic rings. The van der Waals surface area contributed by atoms with Gasteiger partial charge in [0.05, 0.1) is 6.07 Å². The number of nitrogens with one attached hydrogen (secondary N) is 1. The number of carbonyl (C=O) groups is 1. The Hall–Kier alpha value is -1.04. The molecule has 3 unspecified atom stereocenters. The largest absolute Gasteiger partial charge is 0.352 e. The average Bonchev–Trinajstić information content (AvgIpc) is 2.70. The molecule has 3 nitrogen and oxygen atoms in total. The monoisotopic (exact) mass is 264 g/mol. The highest BCUT2D eigenvalue weighted by molar-refractivity contribution is 5.85. The van der Waals surface area contributed by atoms with Crippen LogP contribution in [0.4, 0.5) is 0 Å². The second kappa shape index (κ2) is 6.93. The van der Waals surface area contributed by atoms with Gasteiger partial charge in [-0.3, -0.25) is 4.79 Å². The van der Waals surface area contributed by atoms with Crippen molar-refractivity contribution in [3.63, 3.8) is 0 Å². The molecule has 108 valence electrons. The molecule has 0 heterocycles. The SMILES string of the molecule is CCCC(C#N)(CCC)C(=O)NC1CCC(C)C1C. The fourth-order valence-electron chi connectivity index (χ4n) is 3.24. The molecule has 1 N–H and O–H groups in total. The van der Waals surface area contributed by atoms with Crippen molar-refractivity contribution in [3.8, 4) is 6.07 Å². The van der Waals surface area contributed by atoms with Gasteiger partial charge in [-0.2, -0.15) is 5.26 Å². The maximum absolute atomic E-state index is 12.6. The van der Waals surface area contributed by atoms with Crippen molar-refractivity contribution in [3.05, 3.63) is 0 Å². The highest BCUT2D eigenvalue weighted by atomic mass is 16.2. The van der Waals surface area contributed by atoms with Crippen LogP contribution in [-0.4, -0.2) is 11.9 Å². The van der Waals surface area contributed by atoms with E-state index in [2.05, 4.69) is 25.2 Å². The Kier molecular flexibility index (Phi) is 5.85. The summed E-state index contributed by atoms with van der Waals surface area (Å²) >= 11 is 0. The first-order valence-corrected chi connectivity index (χ1v) is 7.73. The van der Waals surface area contributed by atoms with Gasteiger partial charge < -0.3 is 5.32 Å². The number of amides is 1. The molecule has 0 aliphatic heterocycles. The third-order valence-electron chi connectivity index (χ3n) is 4.78. The Labute approximate surface area is 117 Å². The van der Waals surface area contributed by atoms with Crippen LogP contribution in [0.2, 0.25) is 0 Å². The predicted molar refractivity (Wildman–Crippen MR) is 77.4 cm³/mol. The van der Waals surface area contributed by atoms with Crippen LogP contribution in [0.3, 0.4) is 0 Å². The molecule has 1 rings (SSSR count). The normalized spacial score (nSPS) is 27.0. The lowest BCUT2D eigenvalue weighted by molar-refractivity contribution is -0.130. The standard InChI is InChI=1S/C16H28N2O/c1-5-9-16(11-17,10-6-2)15(19)18-14-8-7-12(3)13(14)4/h12-14H,5-10H2,1-4H3,(H,18,19). The van der Waals surface area contributed by atoms with Crippen molar-refractivity contribution in [1.29, 1.82) is 5.26 Å². The first-order valence-electron chi connectivity index (χ1n) is 7.73. The lowest BCUT2D eigenvalue weighted by atomic mass is 9.79. The summed E-state index contributed by atoms with van der Waals surface area (Å²) in [5.41, 5.74) is -0.810. The van der Waals surface area contributed by atoms with Crippen LogP contribution in [0.25, 0.3) is 0 Å². The zero-order chi connectivity index (χ0) is 14.5. The van der Waals surface area contributed by atoms with E-state index in [-0.39, 0.29) is 11.9 Å². The van der Waals surface area contributed by atoms with Crippen molar-refractivity contribution >= 4 is 5.91 Å². The average molecular weight is 264 g/mol. The van der Waals surface area contributed by atoms with Gasteiger partial charge in [0.1, 0.15) is 5.41 Å². The molecule has 0 radical (unpaired) electrons. The fourth-order valence-corrected chi connectivity index (χ4v) is 3.24. The molecule has 0 spiro atoms. The van der Waals surface area contributed by atoms with Crippen molar-refractivity contribution in [2.75, 3.05) is 0 Å². The molecule has 0 saturated heterocycles. The first kappa shape index (κ1) is 16.0. The lowest BCUT2D eigenvalue weighted by Crippen LogP contribution is -2.46. The minimum Gasteiger partial charge on any atom is -0.352 e. The van der Waals surface area contributed by atoms with Gasteiger partial charge in [0.15, 0.2) is 0 Å². The molecule has 19 heavy (non-hydrogen) atoms. The van der Waals surface area contributed by atoms with E-state index in [0.29, 0.717) is 24.7 Å². The molecule has 3 atom stereocenters. The summed E-state index contributed by atoms with van der Waals surface area (Å²) in [5, 5.41) is 12.6. The third-order valence-corrected chi connectivity index (χ3v) is 4.78. The van der Waals surface area contributed by atoms with Crippen molar-refractivity contribution < 1.29 is 4.79 Å². The highest BCUT2D eigenvalue weighted by Gasteiger charge is 2.40. The van der Waals surface area contributed by atoms with E-state index in [0.717, 1.165) is 19.3 Å². The zero-order valence-corrected chi connectivity index (χ0v) is 12.8. The molecule has 1 saturated carbocycles. The number of hydrogen-bond acceptors (Lipinski definition) is 2. The van der Waals surface area contributed by atoms with Gasteiger partial charge >= 0.3 is 0 Å². The van der Waals surface area contributed by atoms with Crippen LogP contribution in [0, 0.1) is 28.6 Å². The fraction of sp³-hybridized carbons (Fsp3) is 0.875. The highest BCUT2D eigenvalue weighted by Crippen LogP contribution is 2.34. The Bertz CT molecular complexity index is 339. The van der Waals surface area contributed by atoms with E-state index in [9.17, 15) is 10.1 Å². The van der Waals surface area contributed by atoms with Crippen molar-refractivity contribution in [2.24, 2.45) is 17.3 Å². The number of hydrogen-bond donors (Lipinski definition) is 1. The lowest BCUT2D eigenvalue weighted by Gasteiger charge is -2.28. The second-order valence-electron chi connectivity index (χ2n) is 6.19. The number of carbonyl (C=O) groups excluding carboxylic acids is 1. The quantitative estimate of drug-likeness (QED) is 0.796. The van der Waals surface area contributed by atoms with E-state index in [4.69, 9.17) is 0 Å². The summed E-state index contributed by atoms with van der Waals surface area (Å²) in [5.74, 6) is 1.15. The Balaban J connectivity index is 2.75. The molecule has 1 amide bonds. The predicted octanol–water partition coefficient (Wildman–Crippen LogP) is 3.65. The van der Waals surface area contributed by atoms with Crippen LogP contribution in [-0.2, 0) is 4.79 Å². The Morgan fingerprint density at radius 3 is 2.21 bits per heavy atom. The van der Waals surface area contributed by atoms with Gasteiger partial charge in [-0.05, 0) is 37.5 Å². The van der Waals surface area contributed by atoms with Gasteiger partial charge in [0.2, 0.25) is 5.91 Å².